The van der Waals surface area contributed by atoms with Crippen molar-refractivity contribution in [1.29, 1.82) is 0 Å². The van der Waals surface area contributed by atoms with Crippen molar-refractivity contribution < 1.29 is 4.42 Å². The van der Waals surface area contributed by atoms with Crippen LogP contribution in [0.2, 0.25) is 0 Å². The quantitative estimate of drug-likeness (QED) is 0.221. The summed E-state index contributed by atoms with van der Waals surface area (Å²) in [6, 6.07) is 44.6. The highest BCUT2D eigenvalue weighted by Crippen LogP contribution is 2.46. The van der Waals surface area contributed by atoms with Crippen LogP contribution in [0, 0.1) is 0 Å². The van der Waals surface area contributed by atoms with Crippen molar-refractivity contribution >= 4 is 76.3 Å². The van der Waals surface area contributed by atoms with E-state index in [2.05, 4.69) is 102 Å². The summed E-state index contributed by atoms with van der Waals surface area (Å²) in [4.78, 5) is 10.5. The molecule has 3 heterocycles. The molecule has 0 saturated heterocycles. The third kappa shape index (κ3) is 2.76. The van der Waals surface area contributed by atoms with Gasteiger partial charge < -0.3 is 4.42 Å². The molecule has 0 N–H and O–H groups in total. The summed E-state index contributed by atoms with van der Waals surface area (Å²) in [5, 5.41) is 9.53. The van der Waals surface area contributed by atoms with Gasteiger partial charge in [0.05, 0.1) is 22.1 Å². The molecule has 42 heavy (non-hydrogen) atoms. The minimum atomic E-state index is 0.826. The monoisotopic (exact) mass is 535 g/mol. The number of hydrogen-bond donors (Lipinski definition) is 0. The molecule has 0 radical (unpaired) electrons. The predicted molar refractivity (Wildman–Crippen MR) is 173 cm³/mol. The smallest absolute Gasteiger partial charge is 0.165 e. The Kier molecular flexibility index (Phi) is 4.15. The summed E-state index contributed by atoms with van der Waals surface area (Å²) < 4.78 is 8.73. The Hall–Kier alpha value is -5.74. The first-order chi connectivity index (χ1) is 20.8. The molecule has 0 amide bonds. The first-order valence-corrected chi connectivity index (χ1v) is 14.2. The topological polar surface area (TPSA) is 43.9 Å². The van der Waals surface area contributed by atoms with Gasteiger partial charge in [-0.25, -0.2) is 9.97 Å². The Morgan fingerprint density at radius 1 is 0.429 bits per heavy atom. The van der Waals surface area contributed by atoms with Crippen LogP contribution in [0.25, 0.3) is 93.4 Å². The second-order valence-corrected chi connectivity index (χ2v) is 10.9. The zero-order valence-electron chi connectivity index (χ0n) is 22.4. The fourth-order valence-electron chi connectivity index (χ4n) is 7.04. The molecule has 4 heteroatoms. The number of nitrogens with zero attached hydrogens (tertiary/aromatic N) is 3. The minimum absolute atomic E-state index is 0.826. The van der Waals surface area contributed by atoms with Crippen molar-refractivity contribution in [1.82, 2.24) is 14.5 Å². The lowest BCUT2D eigenvalue weighted by molar-refractivity contribution is 0.669. The second kappa shape index (κ2) is 7.93. The maximum absolute atomic E-state index is 6.41. The molecule has 0 fully saturated rings. The van der Waals surface area contributed by atoms with Crippen molar-refractivity contribution in [2.24, 2.45) is 0 Å². The Morgan fingerprint density at radius 3 is 1.52 bits per heavy atom. The molecule has 0 bridgehead atoms. The Labute approximate surface area is 239 Å². The minimum Gasteiger partial charge on any atom is -0.456 e. The van der Waals surface area contributed by atoms with Crippen LogP contribution in [0.4, 0.5) is 0 Å². The van der Waals surface area contributed by atoms with E-state index >= 15 is 0 Å². The summed E-state index contributed by atoms with van der Waals surface area (Å²) >= 11 is 0. The average Bonchev–Trinajstić information content (AvgIpc) is 3.60. The number of hydrogen-bond acceptors (Lipinski definition) is 3. The molecule has 0 saturated carbocycles. The van der Waals surface area contributed by atoms with Gasteiger partial charge in [0.1, 0.15) is 16.9 Å². The SMILES string of the molecule is c1ccc(-c2nc3ccccc3nc2-n2c3cccc4c5cccc6oc7cccc(c8cccc2c8c43)c7c65)cc1. The molecule has 0 unspecified atom stereocenters. The Balaban J connectivity index is 1.50. The number of benzene rings is 6. The van der Waals surface area contributed by atoms with E-state index in [0.29, 0.717) is 0 Å². The molecule has 0 aliphatic heterocycles. The lowest BCUT2D eigenvalue weighted by Gasteiger charge is -2.13. The Bertz CT molecular complexity index is 2560. The van der Waals surface area contributed by atoms with Crippen molar-refractivity contribution in [2.75, 3.05) is 0 Å². The molecule has 3 aromatic heterocycles. The number of para-hydroxylation sites is 2. The highest BCUT2D eigenvalue weighted by atomic mass is 16.3. The van der Waals surface area contributed by atoms with Gasteiger partial charge in [-0.2, -0.15) is 0 Å². The van der Waals surface area contributed by atoms with Crippen LogP contribution in [0.15, 0.2) is 132 Å². The van der Waals surface area contributed by atoms with Gasteiger partial charge in [-0.3, -0.25) is 4.57 Å². The molecule has 0 aliphatic rings. The number of fused-ring (bicyclic) bond motifs is 3. The zero-order valence-corrected chi connectivity index (χ0v) is 22.4. The molecule has 194 valence electrons. The normalized spacial score (nSPS) is 12.3. The largest absolute Gasteiger partial charge is 0.456 e. The van der Waals surface area contributed by atoms with Crippen LogP contribution in [0.1, 0.15) is 0 Å². The van der Waals surface area contributed by atoms with Crippen LogP contribution < -0.4 is 0 Å². The summed E-state index contributed by atoms with van der Waals surface area (Å²) in [5.74, 6) is 0.826. The number of furan rings is 1. The third-order valence-corrected chi connectivity index (χ3v) is 8.73. The van der Waals surface area contributed by atoms with Crippen LogP contribution in [-0.4, -0.2) is 14.5 Å². The van der Waals surface area contributed by atoms with Crippen LogP contribution in [-0.2, 0) is 0 Å². The van der Waals surface area contributed by atoms with Gasteiger partial charge in [-0.15, -0.1) is 0 Å². The van der Waals surface area contributed by atoms with Gasteiger partial charge >= 0.3 is 0 Å². The van der Waals surface area contributed by atoms with E-state index in [1.54, 1.807) is 0 Å². The molecule has 0 spiro atoms. The van der Waals surface area contributed by atoms with Crippen molar-refractivity contribution in [3.63, 3.8) is 0 Å². The third-order valence-electron chi connectivity index (χ3n) is 8.73. The second-order valence-electron chi connectivity index (χ2n) is 10.9. The maximum atomic E-state index is 6.41. The summed E-state index contributed by atoms with van der Waals surface area (Å²) in [7, 11) is 0. The number of rotatable bonds is 2. The molecule has 10 aromatic rings. The van der Waals surface area contributed by atoms with Gasteiger partial charge in [0.2, 0.25) is 0 Å². The highest BCUT2D eigenvalue weighted by Gasteiger charge is 2.23. The molecular formula is C38H21N3O. The van der Waals surface area contributed by atoms with Gasteiger partial charge in [-0.1, -0.05) is 91.0 Å². The van der Waals surface area contributed by atoms with Gasteiger partial charge in [0.25, 0.3) is 0 Å². The van der Waals surface area contributed by atoms with Gasteiger partial charge in [-0.05, 0) is 57.9 Å². The van der Waals surface area contributed by atoms with E-state index in [-0.39, 0.29) is 0 Å². The summed E-state index contributed by atoms with van der Waals surface area (Å²) in [6.45, 7) is 0. The molecular weight excluding hydrogens is 514 g/mol. The predicted octanol–water partition coefficient (Wildman–Crippen LogP) is 10.0. The molecule has 10 rings (SSSR count). The van der Waals surface area contributed by atoms with Gasteiger partial charge in [0, 0.05) is 27.1 Å². The summed E-state index contributed by atoms with van der Waals surface area (Å²) in [6.07, 6.45) is 0. The first-order valence-electron chi connectivity index (χ1n) is 14.2. The molecule has 0 aliphatic carbocycles. The molecule has 4 nitrogen and oxygen atoms in total. The van der Waals surface area contributed by atoms with Crippen LogP contribution in [0.5, 0.6) is 0 Å². The van der Waals surface area contributed by atoms with E-state index in [1.807, 2.05) is 30.3 Å². The van der Waals surface area contributed by atoms with E-state index in [9.17, 15) is 0 Å². The van der Waals surface area contributed by atoms with E-state index in [4.69, 9.17) is 14.4 Å². The fraction of sp³-hybridized carbons (Fsp3) is 0. The van der Waals surface area contributed by atoms with E-state index in [0.717, 1.165) is 50.3 Å². The van der Waals surface area contributed by atoms with E-state index < -0.39 is 0 Å². The lowest BCUT2D eigenvalue weighted by atomic mass is 9.95. The average molecular weight is 536 g/mol. The maximum Gasteiger partial charge on any atom is 0.165 e. The zero-order chi connectivity index (χ0) is 27.4. The fourth-order valence-corrected chi connectivity index (χ4v) is 7.04. The standard InChI is InChI=1S/C38H21N3O/c1-2-10-22(11-3-1)37-38(40-28-17-5-4-16-27(28)39-37)41-29-18-6-12-23-25-14-8-20-31-35(25)36-26(15-9-21-32(36)42-31)24-13-7-19-30(41)34(24)33(23)29/h1-21H. The van der Waals surface area contributed by atoms with Crippen LogP contribution >= 0.6 is 0 Å². The van der Waals surface area contributed by atoms with Crippen molar-refractivity contribution in [3.05, 3.63) is 127 Å². The number of aromatic nitrogens is 3. The molecule has 0 atom stereocenters. The van der Waals surface area contributed by atoms with Crippen molar-refractivity contribution in [2.45, 2.75) is 0 Å². The summed E-state index contributed by atoms with van der Waals surface area (Å²) in [5.41, 5.74) is 7.68. The highest BCUT2D eigenvalue weighted by molar-refractivity contribution is 6.36. The first kappa shape index (κ1) is 22.0. The molecule has 7 aromatic carbocycles. The van der Waals surface area contributed by atoms with Crippen molar-refractivity contribution in [3.8, 4) is 17.1 Å². The Morgan fingerprint density at radius 2 is 0.929 bits per heavy atom. The van der Waals surface area contributed by atoms with Gasteiger partial charge in [0.15, 0.2) is 5.82 Å². The van der Waals surface area contributed by atoms with Crippen LogP contribution in [0.3, 0.4) is 0 Å². The van der Waals surface area contributed by atoms with E-state index in [1.165, 1.54) is 43.1 Å². The lowest BCUT2D eigenvalue weighted by Crippen LogP contribution is -2.03.